The van der Waals surface area contributed by atoms with E-state index < -0.39 is 0 Å². The van der Waals surface area contributed by atoms with Crippen LogP contribution in [0.2, 0.25) is 0 Å². The summed E-state index contributed by atoms with van der Waals surface area (Å²) < 4.78 is 0. The molecule has 0 radical (unpaired) electrons. The lowest BCUT2D eigenvalue weighted by Gasteiger charge is -1.90. The molecular weight excluding hydrogens is 168 g/mol. The summed E-state index contributed by atoms with van der Waals surface area (Å²) >= 11 is 0. The van der Waals surface area contributed by atoms with Crippen molar-refractivity contribution in [2.75, 3.05) is 0 Å². The Balaban J connectivity index is 2.33. The Morgan fingerprint density at radius 3 is 0.929 bits per heavy atom. The van der Waals surface area contributed by atoms with Crippen LogP contribution in [0.5, 0.6) is 0 Å². The third-order valence-electron chi connectivity index (χ3n) is 2.21. The van der Waals surface area contributed by atoms with E-state index in [1.807, 2.05) is 0 Å². The summed E-state index contributed by atoms with van der Waals surface area (Å²) in [6.45, 7) is 0. The van der Waals surface area contributed by atoms with Crippen LogP contribution in [0.1, 0.15) is 38.5 Å². The van der Waals surface area contributed by atoms with Gasteiger partial charge in [0.1, 0.15) is 0 Å². The van der Waals surface area contributed by atoms with Crippen LogP contribution >= 0.6 is 0 Å². The van der Waals surface area contributed by atoms with Crippen molar-refractivity contribution in [3.8, 4) is 0 Å². The van der Waals surface area contributed by atoms with Gasteiger partial charge in [-0.25, -0.2) is 0 Å². The lowest BCUT2D eigenvalue weighted by Crippen LogP contribution is -1.69. The Bertz CT molecular complexity index is 178. The Morgan fingerprint density at radius 1 is 0.357 bits per heavy atom. The molecular formula is C14H20. The van der Waals surface area contributed by atoms with Crippen molar-refractivity contribution < 1.29 is 0 Å². The van der Waals surface area contributed by atoms with Crippen molar-refractivity contribution in [1.82, 2.24) is 0 Å². The van der Waals surface area contributed by atoms with Gasteiger partial charge < -0.3 is 0 Å². The van der Waals surface area contributed by atoms with Gasteiger partial charge in [-0.2, -0.15) is 0 Å². The molecule has 0 heteroatoms. The first-order valence-corrected chi connectivity index (χ1v) is 5.60. The Morgan fingerprint density at radius 2 is 0.643 bits per heavy atom. The molecule has 1 aliphatic rings. The van der Waals surface area contributed by atoms with E-state index >= 15 is 0 Å². The Labute approximate surface area is 87.7 Å². The SMILES string of the molecule is C1=CCCC=CCC=CCCC=CC1. The van der Waals surface area contributed by atoms with Crippen LogP contribution in [0.15, 0.2) is 48.6 Å². The van der Waals surface area contributed by atoms with Gasteiger partial charge >= 0.3 is 0 Å². The predicted molar refractivity (Wildman–Crippen MR) is 64.3 cm³/mol. The van der Waals surface area contributed by atoms with E-state index in [9.17, 15) is 0 Å². The Hall–Kier alpha value is -1.04. The molecule has 0 N–H and O–H groups in total. The smallest absolute Gasteiger partial charge is 0.0169 e. The van der Waals surface area contributed by atoms with Gasteiger partial charge in [-0.1, -0.05) is 48.6 Å². The lowest BCUT2D eigenvalue weighted by atomic mass is 10.2. The van der Waals surface area contributed by atoms with Crippen molar-refractivity contribution >= 4 is 0 Å². The van der Waals surface area contributed by atoms with Gasteiger partial charge in [0.05, 0.1) is 0 Å². The maximum atomic E-state index is 2.27. The van der Waals surface area contributed by atoms with Crippen molar-refractivity contribution in [1.29, 1.82) is 0 Å². The standard InChI is InChI=1S/C14H20/c1-2-4-6-8-10-12-14-13-11-9-7-5-3-1/h1-2,5,7-8,10,13-14H,3-4,6,9,11-12H2. The zero-order valence-corrected chi connectivity index (χ0v) is 8.86. The highest BCUT2D eigenvalue weighted by molar-refractivity contribution is 4.98. The van der Waals surface area contributed by atoms with Crippen molar-refractivity contribution in [3.05, 3.63) is 48.6 Å². The number of hydrogen-bond acceptors (Lipinski definition) is 0. The molecule has 0 amide bonds. The molecule has 0 aromatic heterocycles. The third-order valence-corrected chi connectivity index (χ3v) is 2.21. The predicted octanol–water partition coefficient (Wildman–Crippen LogP) is 4.57. The normalized spacial score (nSPS) is 19.4. The van der Waals surface area contributed by atoms with E-state index in [0.29, 0.717) is 0 Å². The molecule has 0 aliphatic heterocycles. The first-order valence-electron chi connectivity index (χ1n) is 5.60. The van der Waals surface area contributed by atoms with Gasteiger partial charge in [-0.15, -0.1) is 0 Å². The second-order valence-electron chi connectivity index (χ2n) is 3.51. The summed E-state index contributed by atoms with van der Waals surface area (Å²) in [4.78, 5) is 0. The fraction of sp³-hybridized carbons (Fsp3) is 0.429. The highest BCUT2D eigenvalue weighted by Crippen LogP contribution is 2.00. The molecule has 0 aromatic rings. The molecule has 0 heterocycles. The van der Waals surface area contributed by atoms with Gasteiger partial charge in [0.15, 0.2) is 0 Å². The van der Waals surface area contributed by atoms with Crippen molar-refractivity contribution in [3.63, 3.8) is 0 Å². The average molecular weight is 188 g/mol. The van der Waals surface area contributed by atoms with Crippen LogP contribution in [-0.2, 0) is 0 Å². The molecule has 0 saturated heterocycles. The van der Waals surface area contributed by atoms with Gasteiger partial charge in [0.25, 0.3) is 0 Å². The molecule has 0 aromatic carbocycles. The van der Waals surface area contributed by atoms with E-state index in [4.69, 9.17) is 0 Å². The minimum absolute atomic E-state index is 1.09. The van der Waals surface area contributed by atoms with E-state index in [2.05, 4.69) is 48.6 Å². The summed E-state index contributed by atoms with van der Waals surface area (Å²) in [5, 5.41) is 0. The van der Waals surface area contributed by atoms with Crippen molar-refractivity contribution in [2.24, 2.45) is 0 Å². The zero-order valence-electron chi connectivity index (χ0n) is 8.86. The van der Waals surface area contributed by atoms with E-state index in [1.54, 1.807) is 0 Å². The van der Waals surface area contributed by atoms with E-state index in [1.165, 1.54) is 25.7 Å². The lowest BCUT2D eigenvalue weighted by molar-refractivity contribution is 1.02. The molecule has 0 nitrogen and oxygen atoms in total. The molecule has 0 unspecified atom stereocenters. The largest absolute Gasteiger partial charge is 0.0879 e. The fourth-order valence-corrected chi connectivity index (χ4v) is 1.40. The highest BCUT2D eigenvalue weighted by atomic mass is 13.9. The van der Waals surface area contributed by atoms with E-state index in [0.717, 1.165) is 12.8 Å². The molecule has 0 saturated carbocycles. The van der Waals surface area contributed by atoms with Crippen LogP contribution in [0.3, 0.4) is 0 Å². The first kappa shape index (κ1) is 11.0. The van der Waals surface area contributed by atoms with Gasteiger partial charge in [0, 0.05) is 0 Å². The molecule has 76 valence electrons. The van der Waals surface area contributed by atoms with Crippen LogP contribution in [-0.4, -0.2) is 0 Å². The van der Waals surface area contributed by atoms with Crippen molar-refractivity contribution in [2.45, 2.75) is 38.5 Å². The van der Waals surface area contributed by atoms with Gasteiger partial charge in [0.2, 0.25) is 0 Å². The molecule has 0 atom stereocenters. The monoisotopic (exact) mass is 188 g/mol. The zero-order chi connectivity index (χ0) is 9.90. The minimum Gasteiger partial charge on any atom is -0.0879 e. The number of rotatable bonds is 0. The van der Waals surface area contributed by atoms with Crippen LogP contribution in [0, 0.1) is 0 Å². The maximum Gasteiger partial charge on any atom is -0.0169 e. The third kappa shape index (κ3) is 6.47. The topological polar surface area (TPSA) is 0 Å². The summed E-state index contributed by atoms with van der Waals surface area (Å²) in [5.41, 5.74) is 0. The summed E-state index contributed by atoms with van der Waals surface area (Å²) in [6.07, 6.45) is 25.0. The van der Waals surface area contributed by atoms with Gasteiger partial charge in [-0.3, -0.25) is 0 Å². The van der Waals surface area contributed by atoms with Crippen LogP contribution in [0.4, 0.5) is 0 Å². The summed E-state index contributed by atoms with van der Waals surface area (Å²) in [7, 11) is 0. The Kier molecular flexibility index (Phi) is 6.74. The first-order chi connectivity index (χ1) is 7.00. The summed E-state index contributed by atoms with van der Waals surface area (Å²) in [5.74, 6) is 0. The quantitative estimate of drug-likeness (QED) is 0.489. The molecule has 0 fully saturated rings. The second kappa shape index (κ2) is 8.55. The molecule has 0 spiro atoms. The summed E-state index contributed by atoms with van der Waals surface area (Å²) in [6, 6.07) is 0. The molecule has 1 rings (SSSR count). The number of allylic oxidation sites excluding steroid dienone is 8. The van der Waals surface area contributed by atoms with Gasteiger partial charge in [-0.05, 0) is 38.5 Å². The highest BCUT2D eigenvalue weighted by Gasteiger charge is 1.80. The maximum absolute atomic E-state index is 2.27. The minimum atomic E-state index is 1.09. The molecule has 1 aliphatic carbocycles. The fourth-order valence-electron chi connectivity index (χ4n) is 1.40. The number of hydrogen-bond donors (Lipinski definition) is 0. The average Bonchev–Trinajstić information content (AvgIpc) is 2.22. The second-order valence-corrected chi connectivity index (χ2v) is 3.51. The van der Waals surface area contributed by atoms with Crippen LogP contribution in [0.25, 0.3) is 0 Å². The van der Waals surface area contributed by atoms with E-state index in [-0.39, 0.29) is 0 Å². The molecule has 14 heavy (non-hydrogen) atoms. The molecule has 0 bridgehead atoms. The van der Waals surface area contributed by atoms with Crippen LogP contribution < -0.4 is 0 Å².